The van der Waals surface area contributed by atoms with Crippen LogP contribution in [0.5, 0.6) is 0 Å². The summed E-state index contributed by atoms with van der Waals surface area (Å²) in [5.74, 6) is 0. The molecule has 0 saturated carbocycles. The van der Waals surface area contributed by atoms with Crippen LogP contribution in [0, 0.1) is 6.92 Å². The van der Waals surface area contributed by atoms with Gasteiger partial charge in [0.2, 0.25) is 0 Å². The lowest BCUT2D eigenvalue weighted by molar-refractivity contribution is 0.167. The van der Waals surface area contributed by atoms with Crippen LogP contribution in [0.4, 0.5) is 5.69 Å². The highest BCUT2D eigenvalue weighted by atomic mass is 16.3. The summed E-state index contributed by atoms with van der Waals surface area (Å²) in [6, 6.07) is 5.76. The van der Waals surface area contributed by atoms with Crippen molar-refractivity contribution in [2.75, 3.05) is 5.73 Å². The van der Waals surface area contributed by atoms with Gasteiger partial charge in [0.05, 0.1) is 6.10 Å². The topological polar surface area (TPSA) is 46.2 Å². The van der Waals surface area contributed by atoms with E-state index in [0.29, 0.717) is 5.69 Å². The number of rotatable bonds is 3. The number of aryl methyl sites for hydroxylation is 1. The zero-order valence-electron chi connectivity index (χ0n) is 8.25. The summed E-state index contributed by atoms with van der Waals surface area (Å²) in [4.78, 5) is 0. The first-order chi connectivity index (χ1) is 6.15. The minimum atomic E-state index is -0.412. The summed E-state index contributed by atoms with van der Waals surface area (Å²) in [6.45, 7) is 4.05. The average molecular weight is 179 g/mol. The molecule has 72 valence electrons. The number of nitrogen functional groups attached to an aromatic ring is 1. The molecule has 1 unspecified atom stereocenters. The Labute approximate surface area is 79.4 Å². The molecule has 0 fully saturated rings. The fourth-order valence-corrected chi connectivity index (χ4v) is 1.41. The minimum absolute atomic E-state index is 0.412. The van der Waals surface area contributed by atoms with Gasteiger partial charge in [-0.25, -0.2) is 0 Å². The molecule has 1 aromatic rings. The van der Waals surface area contributed by atoms with E-state index in [0.717, 1.165) is 24.0 Å². The Bertz CT molecular complexity index is 283. The van der Waals surface area contributed by atoms with Crippen molar-refractivity contribution < 1.29 is 5.11 Å². The molecule has 0 spiro atoms. The number of benzene rings is 1. The molecule has 0 aliphatic rings. The quantitative estimate of drug-likeness (QED) is 0.700. The monoisotopic (exact) mass is 179 g/mol. The van der Waals surface area contributed by atoms with E-state index >= 15 is 0 Å². The normalized spacial score (nSPS) is 12.8. The van der Waals surface area contributed by atoms with Crippen molar-refractivity contribution in [1.29, 1.82) is 0 Å². The second kappa shape index (κ2) is 4.28. The molecular formula is C11H17NO. The first-order valence-corrected chi connectivity index (χ1v) is 4.69. The van der Waals surface area contributed by atoms with Gasteiger partial charge >= 0.3 is 0 Å². The number of anilines is 1. The van der Waals surface area contributed by atoms with Gasteiger partial charge in [0.25, 0.3) is 0 Å². The second-order valence-electron chi connectivity index (χ2n) is 3.44. The van der Waals surface area contributed by atoms with E-state index in [1.54, 1.807) is 0 Å². The van der Waals surface area contributed by atoms with Crippen LogP contribution < -0.4 is 5.73 Å². The van der Waals surface area contributed by atoms with Gasteiger partial charge in [-0.3, -0.25) is 0 Å². The van der Waals surface area contributed by atoms with Crippen LogP contribution in [0.3, 0.4) is 0 Å². The first-order valence-electron chi connectivity index (χ1n) is 4.69. The van der Waals surface area contributed by atoms with Gasteiger partial charge in [0.15, 0.2) is 0 Å². The molecule has 0 saturated heterocycles. The maximum absolute atomic E-state index is 9.75. The van der Waals surface area contributed by atoms with E-state index in [2.05, 4.69) is 6.92 Å². The van der Waals surface area contributed by atoms with Gasteiger partial charge < -0.3 is 10.8 Å². The maximum Gasteiger partial charge on any atom is 0.0809 e. The zero-order chi connectivity index (χ0) is 9.84. The molecule has 0 radical (unpaired) electrons. The third-order valence-corrected chi connectivity index (χ3v) is 2.16. The van der Waals surface area contributed by atoms with Gasteiger partial charge in [-0.05, 0) is 19.4 Å². The molecule has 3 N–H and O–H groups in total. The second-order valence-corrected chi connectivity index (χ2v) is 3.44. The minimum Gasteiger partial charge on any atom is -0.398 e. The number of nitrogens with two attached hydrogens (primary N) is 1. The van der Waals surface area contributed by atoms with E-state index < -0.39 is 6.10 Å². The van der Waals surface area contributed by atoms with E-state index in [4.69, 9.17) is 5.73 Å². The van der Waals surface area contributed by atoms with Gasteiger partial charge in [-0.15, -0.1) is 0 Å². The lowest BCUT2D eigenvalue weighted by atomic mass is 10.0. The maximum atomic E-state index is 9.75. The van der Waals surface area contributed by atoms with Crippen molar-refractivity contribution in [2.24, 2.45) is 0 Å². The van der Waals surface area contributed by atoms with Crippen LogP contribution in [0.2, 0.25) is 0 Å². The summed E-state index contributed by atoms with van der Waals surface area (Å²) in [5, 5.41) is 9.75. The van der Waals surface area contributed by atoms with Crippen molar-refractivity contribution in [2.45, 2.75) is 32.8 Å². The first kappa shape index (κ1) is 10.1. The summed E-state index contributed by atoms with van der Waals surface area (Å²) >= 11 is 0. The van der Waals surface area contributed by atoms with Crippen LogP contribution in [-0.2, 0) is 0 Å². The summed E-state index contributed by atoms with van der Waals surface area (Å²) in [6.07, 6.45) is 1.33. The van der Waals surface area contributed by atoms with E-state index in [-0.39, 0.29) is 0 Å². The fraction of sp³-hybridized carbons (Fsp3) is 0.455. The summed E-state index contributed by atoms with van der Waals surface area (Å²) in [7, 11) is 0. The van der Waals surface area contributed by atoms with Crippen LogP contribution in [0.15, 0.2) is 18.2 Å². The third kappa shape index (κ3) is 2.46. The van der Waals surface area contributed by atoms with Gasteiger partial charge in [-0.1, -0.05) is 31.0 Å². The molecule has 2 nitrogen and oxygen atoms in total. The smallest absolute Gasteiger partial charge is 0.0809 e. The number of aliphatic hydroxyl groups is 1. The predicted molar refractivity (Wildman–Crippen MR) is 55.5 cm³/mol. The van der Waals surface area contributed by atoms with Crippen molar-refractivity contribution in [3.8, 4) is 0 Å². The fourth-order valence-electron chi connectivity index (χ4n) is 1.41. The SMILES string of the molecule is CCCC(O)c1cc(C)ccc1N. The van der Waals surface area contributed by atoms with Crippen LogP contribution >= 0.6 is 0 Å². The highest BCUT2D eigenvalue weighted by molar-refractivity contribution is 5.49. The number of hydrogen-bond donors (Lipinski definition) is 2. The van der Waals surface area contributed by atoms with E-state index in [9.17, 15) is 5.11 Å². The van der Waals surface area contributed by atoms with Gasteiger partial charge in [0, 0.05) is 11.3 Å². The van der Waals surface area contributed by atoms with E-state index in [1.165, 1.54) is 0 Å². The molecule has 0 amide bonds. The Hall–Kier alpha value is -1.02. The zero-order valence-corrected chi connectivity index (χ0v) is 8.25. The average Bonchev–Trinajstić information content (AvgIpc) is 2.09. The molecule has 1 atom stereocenters. The van der Waals surface area contributed by atoms with Gasteiger partial charge in [-0.2, -0.15) is 0 Å². The Morgan fingerprint density at radius 1 is 1.46 bits per heavy atom. The number of hydrogen-bond acceptors (Lipinski definition) is 2. The largest absolute Gasteiger partial charge is 0.398 e. The van der Waals surface area contributed by atoms with Crippen molar-refractivity contribution in [3.05, 3.63) is 29.3 Å². The third-order valence-electron chi connectivity index (χ3n) is 2.16. The van der Waals surface area contributed by atoms with Crippen molar-refractivity contribution in [3.63, 3.8) is 0 Å². The predicted octanol–water partition coefficient (Wildman–Crippen LogP) is 2.41. The standard InChI is InChI=1S/C11H17NO/c1-3-4-11(13)9-7-8(2)5-6-10(9)12/h5-7,11,13H,3-4,12H2,1-2H3. The lowest BCUT2D eigenvalue weighted by Gasteiger charge is -2.12. The Morgan fingerprint density at radius 3 is 2.77 bits per heavy atom. The van der Waals surface area contributed by atoms with E-state index in [1.807, 2.05) is 25.1 Å². The van der Waals surface area contributed by atoms with Crippen LogP contribution in [0.25, 0.3) is 0 Å². The molecule has 0 aromatic heterocycles. The van der Waals surface area contributed by atoms with Gasteiger partial charge in [0.1, 0.15) is 0 Å². The van der Waals surface area contributed by atoms with Crippen LogP contribution in [0.1, 0.15) is 37.0 Å². The highest BCUT2D eigenvalue weighted by Gasteiger charge is 2.09. The lowest BCUT2D eigenvalue weighted by Crippen LogP contribution is -2.02. The summed E-state index contributed by atoms with van der Waals surface area (Å²) in [5.41, 5.74) is 8.45. The molecule has 0 bridgehead atoms. The molecule has 0 aliphatic carbocycles. The molecule has 13 heavy (non-hydrogen) atoms. The molecule has 1 aromatic carbocycles. The molecular weight excluding hydrogens is 162 g/mol. The Morgan fingerprint density at radius 2 is 2.15 bits per heavy atom. The van der Waals surface area contributed by atoms with Crippen molar-refractivity contribution in [1.82, 2.24) is 0 Å². The number of aliphatic hydroxyl groups excluding tert-OH is 1. The molecule has 1 rings (SSSR count). The Balaban J connectivity index is 2.91. The summed E-state index contributed by atoms with van der Waals surface area (Å²) < 4.78 is 0. The highest BCUT2D eigenvalue weighted by Crippen LogP contribution is 2.24. The molecule has 0 heterocycles. The Kier molecular flexibility index (Phi) is 3.32. The van der Waals surface area contributed by atoms with Crippen molar-refractivity contribution >= 4 is 5.69 Å². The molecule has 2 heteroatoms. The molecule has 0 aliphatic heterocycles. The van der Waals surface area contributed by atoms with Crippen LogP contribution in [-0.4, -0.2) is 5.11 Å².